The van der Waals surface area contributed by atoms with Crippen molar-refractivity contribution >= 4 is 17.1 Å². The van der Waals surface area contributed by atoms with Gasteiger partial charge < -0.3 is 33.9 Å². The van der Waals surface area contributed by atoms with E-state index in [1.54, 1.807) is 29.2 Å². The number of nitrogens with zero attached hydrogens (tertiary/aromatic N) is 2. The van der Waals surface area contributed by atoms with E-state index in [0.29, 0.717) is 24.4 Å². The van der Waals surface area contributed by atoms with Crippen LogP contribution in [0.15, 0.2) is 45.6 Å². The molecule has 4 rings (SSSR count). The number of fused-ring (bicyclic) bond motifs is 1. The zero-order chi connectivity index (χ0) is 22.1. The molecule has 3 aromatic rings. The van der Waals surface area contributed by atoms with E-state index in [1.807, 2.05) is 7.05 Å². The van der Waals surface area contributed by atoms with Gasteiger partial charge in [-0.25, -0.2) is 4.79 Å². The number of piperazine rings is 1. The molecule has 162 valence electrons. The molecule has 1 saturated heterocycles. The Labute approximate surface area is 177 Å². The third-order valence-corrected chi connectivity index (χ3v) is 5.24. The van der Waals surface area contributed by atoms with Crippen LogP contribution in [-0.2, 0) is 0 Å². The van der Waals surface area contributed by atoms with E-state index in [9.17, 15) is 19.8 Å². The molecule has 1 fully saturated rings. The third kappa shape index (κ3) is 3.99. The Hall–Kier alpha value is -3.72. The lowest BCUT2D eigenvalue weighted by molar-refractivity contribution is 0.120. The van der Waals surface area contributed by atoms with Crippen molar-refractivity contribution in [1.82, 2.24) is 9.80 Å². The summed E-state index contributed by atoms with van der Waals surface area (Å²) in [4.78, 5) is 28.7. The summed E-state index contributed by atoms with van der Waals surface area (Å²) in [5, 5.41) is 20.1. The number of likely N-dealkylation sites (N-methyl/N-ethyl adjacent to an activating group) is 1. The average Bonchev–Trinajstić information content (AvgIpc) is 2.74. The number of carbonyl (C=O) groups is 1. The molecule has 0 bridgehead atoms. The van der Waals surface area contributed by atoms with E-state index in [-0.39, 0.29) is 28.2 Å². The van der Waals surface area contributed by atoms with Crippen LogP contribution in [0.4, 0.5) is 4.79 Å². The van der Waals surface area contributed by atoms with Crippen LogP contribution in [-0.4, -0.2) is 66.4 Å². The predicted octanol–water partition coefficient (Wildman–Crippen LogP) is 2.63. The molecule has 1 aromatic heterocycles. The number of hydrogen-bond donors (Lipinski definition) is 2. The van der Waals surface area contributed by atoms with Crippen molar-refractivity contribution in [3.8, 4) is 34.3 Å². The Kier molecular flexibility index (Phi) is 5.43. The fourth-order valence-electron chi connectivity index (χ4n) is 3.46. The van der Waals surface area contributed by atoms with E-state index in [2.05, 4.69) is 4.90 Å². The highest BCUT2D eigenvalue weighted by Crippen LogP contribution is 2.41. The highest BCUT2D eigenvalue weighted by Gasteiger charge is 2.21. The quantitative estimate of drug-likeness (QED) is 0.657. The zero-order valence-corrected chi connectivity index (χ0v) is 17.1. The molecule has 9 nitrogen and oxygen atoms in total. The molecule has 0 saturated carbocycles. The van der Waals surface area contributed by atoms with E-state index < -0.39 is 17.3 Å². The van der Waals surface area contributed by atoms with Crippen molar-refractivity contribution in [1.29, 1.82) is 0 Å². The summed E-state index contributed by atoms with van der Waals surface area (Å²) in [5.74, 6) is -0.420. The lowest BCUT2D eigenvalue weighted by atomic mass is 10.1. The molecule has 9 heteroatoms. The molecule has 1 aliphatic rings. The molecule has 2 heterocycles. The monoisotopic (exact) mass is 426 g/mol. The van der Waals surface area contributed by atoms with Gasteiger partial charge in [-0.05, 0) is 31.3 Å². The first-order chi connectivity index (χ1) is 14.9. The van der Waals surface area contributed by atoms with E-state index in [1.165, 1.54) is 19.2 Å². The van der Waals surface area contributed by atoms with Crippen LogP contribution in [0.1, 0.15) is 0 Å². The minimum atomic E-state index is -0.488. The largest absolute Gasteiger partial charge is 0.504 e. The summed E-state index contributed by atoms with van der Waals surface area (Å²) in [5.41, 5.74) is 0.0923. The maximum absolute atomic E-state index is 12.5. The van der Waals surface area contributed by atoms with Gasteiger partial charge in [-0.15, -0.1) is 0 Å². The van der Waals surface area contributed by atoms with Crippen LogP contribution in [0.25, 0.3) is 22.3 Å². The highest BCUT2D eigenvalue weighted by molar-refractivity contribution is 5.89. The molecule has 0 atom stereocenters. The fraction of sp³-hybridized carbons (Fsp3) is 0.273. The molecule has 2 aromatic carbocycles. The maximum atomic E-state index is 12.5. The Balaban J connectivity index is 1.57. The summed E-state index contributed by atoms with van der Waals surface area (Å²) < 4.78 is 16.1. The number of amides is 1. The second-order valence-electron chi connectivity index (χ2n) is 7.31. The van der Waals surface area contributed by atoms with Crippen molar-refractivity contribution in [3.63, 3.8) is 0 Å². The van der Waals surface area contributed by atoms with E-state index in [4.69, 9.17) is 13.9 Å². The fourth-order valence-corrected chi connectivity index (χ4v) is 3.46. The third-order valence-electron chi connectivity index (χ3n) is 5.24. The molecule has 31 heavy (non-hydrogen) atoms. The zero-order valence-electron chi connectivity index (χ0n) is 17.1. The van der Waals surface area contributed by atoms with Gasteiger partial charge in [0.2, 0.25) is 5.75 Å². The van der Waals surface area contributed by atoms with Gasteiger partial charge in [-0.3, -0.25) is 4.79 Å². The van der Waals surface area contributed by atoms with Crippen molar-refractivity contribution in [2.24, 2.45) is 0 Å². The van der Waals surface area contributed by atoms with Crippen LogP contribution in [0, 0.1) is 0 Å². The standard InChI is InChI=1S/C22H22N2O7/c1-23-7-9-24(10-8-23)22(28)30-14-5-3-13(4-6-14)17-11-15(25)19-18(31-17)12-16(26)21(29-2)20(19)27/h3-6,11-12,26-27H,7-10H2,1-2H3. The SMILES string of the molecule is COc1c(O)cc2oc(-c3ccc(OC(=O)N4CCN(C)CC4)cc3)cc(=O)c2c1O. The second kappa shape index (κ2) is 8.19. The molecular weight excluding hydrogens is 404 g/mol. The number of rotatable bonds is 3. The van der Waals surface area contributed by atoms with Gasteiger partial charge in [-0.2, -0.15) is 0 Å². The highest BCUT2D eigenvalue weighted by atomic mass is 16.6. The van der Waals surface area contributed by atoms with Gasteiger partial charge in [0.25, 0.3) is 0 Å². The molecule has 0 spiro atoms. The van der Waals surface area contributed by atoms with Crippen molar-refractivity contribution in [3.05, 3.63) is 46.6 Å². The normalized spacial score (nSPS) is 14.6. The molecule has 0 unspecified atom stereocenters. The van der Waals surface area contributed by atoms with Gasteiger partial charge in [-0.1, -0.05) is 0 Å². The number of phenols is 2. The van der Waals surface area contributed by atoms with Crippen LogP contribution < -0.4 is 14.9 Å². The summed E-state index contributed by atoms with van der Waals surface area (Å²) >= 11 is 0. The lowest BCUT2D eigenvalue weighted by Crippen LogP contribution is -2.48. The first-order valence-corrected chi connectivity index (χ1v) is 9.70. The number of methoxy groups -OCH3 is 1. The summed E-state index contributed by atoms with van der Waals surface area (Å²) in [6.45, 7) is 2.82. The topological polar surface area (TPSA) is 113 Å². The minimum absolute atomic E-state index is 0.0175. The molecular formula is C22H22N2O7. The van der Waals surface area contributed by atoms with E-state index in [0.717, 1.165) is 13.1 Å². The summed E-state index contributed by atoms with van der Waals surface area (Å²) in [6, 6.07) is 8.97. The first kappa shape index (κ1) is 20.5. The number of aromatic hydroxyl groups is 2. The Morgan fingerprint density at radius 1 is 1.06 bits per heavy atom. The van der Waals surface area contributed by atoms with Gasteiger partial charge in [0.1, 0.15) is 22.5 Å². The van der Waals surface area contributed by atoms with Crippen LogP contribution in [0.5, 0.6) is 23.0 Å². The van der Waals surface area contributed by atoms with Gasteiger partial charge >= 0.3 is 6.09 Å². The van der Waals surface area contributed by atoms with Crippen LogP contribution >= 0.6 is 0 Å². The van der Waals surface area contributed by atoms with Crippen molar-refractivity contribution in [2.45, 2.75) is 0 Å². The molecule has 0 aliphatic carbocycles. The Morgan fingerprint density at radius 3 is 2.39 bits per heavy atom. The van der Waals surface area contributed by atoms with Crippen LogP contribution in [0.3, 0.4) is 0 Å². The number of ether oxygens (including phenoxy) is 2. The number of hydrogen-bond acceptors (Lipinski definition) is 8. The average molecular weight is 426 g/mol. The molecule has 0 radical (unpaired) electrons. The van der Waals surface area contributed by atoms with E-state index >= 15 is 0 Å². The number of carbonyl (C=O) groups excluding carboxylic acids is 1. The first-order valence-electron chi connectivity index (χ1n) is 9.70. The van der Waals surface area contributed by atoms with Crippen molar-refractivity contribution < 1.29 is 28.9 Å². The van der Waals surface area contributed by atoms with Crippen LogP contribution in [0.2, 0.25) is 0 Å². The molecule has 1 aliphatic heterocycles. The Morgan fingerprint density at radius 2 is 1.74 bits per heavy atom. The summed E-state index contributed by atoms with van der Waals surface area (Å²) in [7, 11) is 3.28. The summed E-state index contributed by atoms with van der Waals surface area (Å²) in [6.07, 6.45) is -0.405. The second-order valence-corrected chi connectivity index (χ2v) is 7.31. The van der Waals surface area contributed by atoms with Crippen molar-refractivity contribution in [2.75, 3.05) is 40.3 Å². The Bertz CT molecular complexity index is 1180. The maximum Gasteiger partial charge on any atom is 0.415 e. The number of phenolic OH excluding ortho intramolecular Hbond substituents is 2. The molecule has 1 amide bonds. The predicted molar refractivity (Wildman–Crippen MR) is 113 cm³/mol. The lowest BCUT2D eigenvalue weighted by Gasteiger charge is -2.31. The van der Waals surface area contributed by atoms with Gasteiger partial charge in [0.15, 0.2) is 16.9 Å². The smallest absolute Gasteiger partial charge is 0.415 e. The molecule has 2 N–H and O–H groups in total. The van der Waals surface area contributed by atoms with Gasteiger partial charge in [0, 0.05) is 43.9 Å². The number of benzene rings is 2. The van der Waals surface area contributed by atoms with Gasteiger partial charge in [0.05, 0.1) is 7.11 Å². The minimum Gasteiger partial charge on any atom is -0.504 e.